The van der Waals surface area contributed by atoms with Crippen LogP contribution in [0.25, 0.3) is 0 Å². The van der Waals surface area contributed by atoms with Gasteiger partial charge in [-0.25, -0.2) is 8.42 Å². The predicted octanol–water partition coefficient (Wildman–Crippen LogP) is 1.88. The quantitative estimate of drug-likeness (QED) is 0.594. The summed E-state index contributed by atoms with van der Waals surface area (Å²) < 4.78 is 34.8. The minimum Gasteiger partial charge on any atom is -0.487 e. The van der Waals surface area contributed by atoms with Gasteiger partial charge in [-0.15, -0.1) is 0 Å². The fourth-order valence-electron chi connectivity index (χ4n) is 3.95. The third kappa shape index (κ3) is 6.65. The second kappa shape index (κ2) is 11.9. The summed E-state index contributed by atoms with van der Waals surface area (Å²) in [4.78, 5) is 16.0. The Hall–Kier alpha value is -2.90. The largest absolute Gasteiger partial charge is 0.487 e. The Morgan fingerprint density at radius 1 is 1.14 bits per heavy atom. The Morgan fingerprint density at radius 3 is 2.44 bits per heavy atom. The van der Waals surface area contributed by atoms with Crippen LogP contribution in [-0.4, -0.2) is 93.1 Å². The number of benzene rings is 2. The highest BCUT2D eigenvalue weighted by molar-refractivity contribution is 7.89. The van der Waals surface area contributed by atoms with Crippen LogP contribution in [0.1, 0.15) is 25.0 Å². The van der Waals surface area contributed by atoms with Crippen LogP contribution < -0.4 is 4.74 Å². The van der Waals surface area contributed by atoms with Gasteiger partial charge < -0.3 is 19.6 Å². The van der Waals surface area contributed by atoms with Gasteiger partial charge >= 0.3 is 0 Å². The first-order chi connectivity index (χ1) is 17.0. The van der Waals surface area contributed by atoms with Gasteiger partial charge in [0.25, 0.3) is 0 Å². The summed E-state index contributed by atoms with van der Waals surface area (Å²) in [5, 5.41) is 9.79. The molecule has 3 rings (SSSR count). The number of hydrogen-bond donors (Lipinski definition) is 1. The summed E-state index contributed by atoms with van der Waals surface area (Å²) in [7, 11) is 1.43. The molecule has 0 spiro atoms. The predicted molar refractivity (Wildman–Crippen MR) is 139 cm³/mol. The van der Waals surface area contributed by atoms with E-state index < -0.39 is 22.2 Å². The molecule has 1 amide bonds. The molecule has 1 aliphatic rings. The van der Waals surface area contributed by atoms with Crippen molar-refractivity contribution < 1.29 is 23.1 Å². The first-order valence-corrected chi connectivity index (χ1v) is 13.4. The average Bonchev–Trinajstić information content (AvgIpc) is 2.84. The number of carbonyl (C=O) groups excluding carboxylic acids is 1. The fourth-order valence-corrected chi connectivity index (χ4v) is 5.78. The van der Waals surface area contributed by atoms with Crippen LogP contribution in [0.3, 0.4) is 0 Å². The maximum absolute atomic E-state index is 13.6. The number of carbonyl (C=O) groups is 1. The average molecular weight is 514 g/mol. The van der Waals surface area contributed by atoms with Crippen molar-refractivity contribution in [2.45, 2.75) is 30.9 Å². The second-order valence-corrected chi connectivity index (χ2v) is 11.4. The highest BCUT2D eigenvalue weighted by Gasteiger charge is 2.38. The Kier molecular flexibility index (Phi) is 9.14. The number of rotatable bonds is 6. The number of aliphatic hydroxyl groups is 1. The molecule has 2 aromatic carbocycles. The summed E-state index contributed by atoms with van der Waals surface area (Å²) in [6.07, 6.45) is -0.471. The zero-order chi connectivity index (χ0) is 26.5. The number of ether oxygens (including phenoxy) is 1. The lowest BCUT2D eigenvalue weighted by molar-refractivity contribution is -0.132. The normalized spacial score (nSPS) is 20.2. The van der Waals surface area contributed by atoms with Gasteiger partial charge in [0, 0.05) is 36.7 Å². The molecule has 36 heavy (non-hydrogen) atoms. The van der Waals surface area contributed by atoms with Crippen molar-refractivity contribution in [1.29, 1.82) is 0 Å². The Bertz CT molecular complexity index is 1220. The van der Waals surface area contributed by atoms with Crippen molar-refractivity contribution in [1.82, 2.24) is 14.1 Å². The highest BCUT2D eigenvalue weighted by atomic mass is 32.2. The number of fused-ring (bicyclic) bond motifs is 1. The third-order valence-corrected chi connectivity index (χ3v) is 8.14. The molecule has 0 aliphatic carbocycles. The van der Waals surface area contributed by atoms with Crippen molar-refractivity contribution in [3.05, 3.63) is 59.7 Å². The third-order valence-electron chi connectivity index (χ3n) is 6.12. The molecule has 1 heterocycles. The Labute approximate surface area is 214 Å². The SMILES string of the molecule is C[C@@H]1CN([C@H](C)CO)S(=O)(=O)c2ccc(C#Cc3ccccc3)cc2O[C@H]1CN(C)C(=O)CN(C)C. The smallest absolute Gasteiger partial charge is 0.247 e. The number of hydrogen-bond acceptors (Lipinski definition) is 6. The van der Waals surface area contributed by atoms with Gasteiger partial charge in [-0.1, -0.05) is 37.0 Å². The molecule has 0 radical (unpaired) electrons. The molecule has 0 aromatic heterocycles. The molecule has 2 aromatic rings. The molecular weight excluding hydrogens is 478 g/mol. The number of aliphatic hydroxyl groups excluding tert-OH is 1. The van der Waals surface area contributed by atoms with Gasteiger partial charge in [0.2, 0.25) is 15.9 Å². The summed E-state index contributed by atoms with van der Waals surface area (Å²) in [5.74, 6) is 6.03. The summed E-state index contributed by atoms with van der Waals surface area (Å²) in [5.41, 5.74) is 1.45. The summed E-state index contributed by atoms with van der Waals surface area (Å²) in [6.45, 7) is 3.96. The molecule has 194 valence electrons. The number of sulfonamides is 1. The Balaban J connectivity index is 2.03. The van der Waals surface area contributed by atoms with E-state index in [4.69, 9.17) is 4.74 Å². The molecule has 1 N–H and O–H groups in total. The topological polar surface area (TPSA) is 90.4 Å². The monoisotopic (exact) mass is 513 g/mol. The van der Waals surface area contributed by atoms with E-state index >= 15 is 0 Å². The molecule has 0 unspecified atom stereocenters. The van der Waals surface area contributed by atoms with E-state index in [0.29, 0.717) is 5.56 Å². The molecule has 0 saturated carbocycles. The van der Waals surface area contributed by atoms with Crippen LogP contribution in [0, 0.1) is 17.8 Å². The van der Waals surface area contributed by atoms with E-state index in [1.54, 1.807) is 35.9 Å². The van der Waals surface area contributed by atoms with Crippen LogP contribution >= 0.6 is 0 Å². The van der Waals surface area contributed by atoms with Gasteiger partial charge in [0.1, 0.15) is 16.7 Å². The standard InChI is InChI=1S/C27H35N3O5S/c1-20-16-30(21(2)19-31)36(33,34)26-14-13-23(12-11-22-9-7-6-8-10-22)15-24(26)35-25(20)17-29(5)27(32)18-28(3)4/h6-10,13-15,20-21,25,31H,16-19H2,1-5H3/t20-,21-,25+/m1/s1. The van der Waals surface area contributed by atoms with Crippen LogP contribution in [-0.2, 0) is 14.8 Å². The van der Waals surface area contributed by atoms with Crippen molar-refractivity contribution in [3.8, 4) is 17.6 Å². The minimum absolute atomic E-state index is 0.0206. The van der Waals surface area contributed by atoms with Crippen LogP contribution in [0.5, 0.6) is 5.75 Å². The van der Waals surface area contributed by atoms with E-state index in [0.717, 1.165) is 5.56 Å². The Morgan fingerprint density at radius 2 is 1.81 bits per heavy atom. The number of amides is 1. The van der Waals surface area contributed by atoms with Gasteiger partial charge in [0.05, 0.1) is 19.7 Å². The minimum atomic E-state index is -3.94. The van der Waals surface area contributed by atoms with Gasteiger partial charge in [-0.2, -0.15) is 4.31 Å². The molecule has 3 atom stereocenters. The zero-order valence-electron chi connectivity index (χ0n) is 21.5. The molecule has 1 aliphatic heterocycles. The zero-order valence-corrected chi connectivity index (χ0v) is 22.3. The first-order valence-electron chi connectivity index (χ1n) is 11.9. The lowest BCUT2D eigenvalue weighted by atomic mass is 10.0. The van der Waals surface area contributed by atoms with Crippen molar-refractivity contribution in [2.24, 2.45) is 5.92 Å². The number of nitrogens with zero attached hydrogens (tertiary/aromatic N) is 3. The van der Waals surface area contributed by atoms with Crippen LogP contribution in [0.2, 0.25) is 0 Å². The number of likely N-dealkylation sites (N-methyl/N-ethyl adjacent to an activating group) is 2. The second-order valence-electron chi connectivity index (χ2n) is 9.53. The maximum atomic E-state index is 13.6. The van der Waals surface area contributed by atoms with E-state index in [1.807, 2.05) is 51.4 Å². The molecule has 9 heteroatoms. The summed E-state index contributed by atoms with van der Waals surface area (Å²) >= 11 is 0. The van der Waals surface area contributed by atoms with Crippen molar-refractivity contribution in [3.63, 3.8) is 0 Å². The van der Waals surface area contributed by atoms with Crippen molar-refractivity contribution in [2.75, 3.05) is 47.4 Å². The molecule has 0 bridgehead atoms. The van der Waals surface area contributed by atoms with E-state index in [1.165, 1.54) is 10.4 Å². The lowest BCUT2D eigenvalue weighted by Crippen LogP contribution is -2.50. The van der Waals surface area contributed by atoms with Gasteiger partial charge in [0.15, 0.2) is 0 Å². The molecule has 8 nitrogen and oxygen atoms in total. The van der Waals surface area contributed by atoms with E-state index in [9.17, 15) is 18.3 Å². The van der Waals surface area contributed by atoms with Crippen molar-refractivity contribution >= 4 is 15.9 Å². The lowest BCUT2D eigenvalue weighted by Gasteiger charge is -2.37. The fraction of sp³-hybridized carbons (Fsp3) is 0.444. The van der Waals surface area contributed by atoms with Gasteiger partial charge in [-0.05, 0) is 51.4 Å². The van der Waals surface area contributed by atoms with Gasteiger partial charge in [-0.3, -0.25) is 4.79 Å². The molecular formula is C27H35N3O5S. The molecule has 0 saturated heterocycles. The molecule has 0 fully saturated rings. The van der Waals surface area contributed by atoms with E-state index in [-0.39, 0.29) is 48.7 Å². The summed E-state index contributed by atoms with van der Waals surface area (Å²) in [6, 6.07) is 13.7. The maximum Gasteiger partial charge on any atom is 0.247 e. The van der Waals surface area contributed by atoms with Crippen LogP contribution in [0.4, 0.5) is 0 Å². The highest BCUT2D eigenvalue weighted by Crippen LogP contribution is 2.34. The first kappa shape index (κ1) is 27.7. The van der Waals surface area contributed by atoms with Crippen LogP contribution in [0.15, 0.2) is 53.4 Å². The van der Waals surface area contributed by atoms with E-state index in [2.05, 4.69) is 11.8 Å².